The molecular weight excluding hydrogens is 228 g/mol. The van der Waals surface area contributed by atoms with Crippen LogP contribution in [0.15, 0.2) is 0 Å². The van der Waals surface area contributed by atoms with Gasteiger partial charge in [0, 0.05) is 6.54 Å². The van der Waals surface area contributed by atoms with E-state index in [1.807, 2.05) is 6.92 Å². The molecule has 2 aliphatic heterocycles. The van der Waals surface area contributed by atoms with E-state index in [0.717, 1.165) is 25.8 Å². The molecule has 4 nitrogen and oxygen atoms in total. The summed E-state index contributed by atoms with van der Waals surface area (Å²) in [7, 11) is 0. The van der Waals surface area contributed by atoms with E-state index < -0.39 is 0 Å². The summed E-state index contributed by atoms with van der Waals surface area (Å²) in [5.74, 6) is 5.91. The summed E-state index contributed by atoms with van der Waals surface area (Å²) in [6.45, 7) is 4.82. The maximum absolute atomic E-state index is 12.4. The van der Waals surface area contributed by atoms with Crippen molar-refractivity contribution < 1.29 is 9.59 Å². The molecule has 0 N–H and O–H groups in total. The quantitative estimate of drug-likeness (QED) is 0.684. The van der Waals surface area contributed by atoms with Crippen molar-refractivity contribution in [2.45, 2.75) is 51.6 Å². The van der Waals surface area contributed by atoms with Crippen LogP contribution < -0.4 is 0 Å². The minimum absolute atomic E-state index is 0.0869. The van der Waals surface area contributed by atoms with Crippen molar-refractivity contribution in [1.29, 1.82) is 0 Å². The standard InChI is InChI=1S/C14H20N2O2/c1-3-5-9-15-11(4-2)13(17)16-10-7-6-8-12(16)14(15)18/h11-12H,4,6-10H2,1-2H3. The zero-order valence-electron chi connectivity index (χ0n) is 11.1. The molecule has 2 saturated heterocycles. The first-order valence-electron chi connectivity index (χ1n) is 6.71. The predicted molar refractivity (Wildman–Crippen MR) is 68.6 cm³/mol. The molecular formula is C14H20N2O2. The smallest absolute Gasteiger partial charge is 0.246 e. The number of hydrogen-bond acceptors (Lipinski definition) is 2. The number of piperidine rings is 1. The van der Waals surface area contributed by atoms with Crippen molar-refractivity contribution in [2.75, 3.05) is 13.1 Å². The van der Waals surface area contributed by atoms with E-state index in [1.165, 1.54) is 0 Å². The van der Waals surface area contributed by atoms with Gasteiger partial charge in [0.2, 0.25) is 11.8 Å². The predicted octanol–water partition coefficient (Wildman–Crippen LogP) is 1.01. The third-order valence-electron chi connectivity index (χ3n) is 3.83. The molecule has 18 heavy (non-hydrogen) atoms. The molecule has 98 valence electrons. The van der Waals surface area contributed by atoms with Gasteiger partial charge in [0.15, 0.2) is 0 Å². The number of carbonyl (C=O) groups excluding carboxylic acids is 2. The molecule has 2 amide bonds. The van der Waals surface area contributed by atoms with Crippen LogP contribution in [0, 0.1) is 11.8 Å². The Morgan fingerprint density at radius 2 is 2.06 bits per heavy atom. The number of amides is 2. The Kier molecular flexibility index (Phi) is 3.90. The fourth-order valence-electron chi connectivity index (χ4n) is 2.87. The topological polar surface area (TPSA) is 40.6 Å². The Morgan fingerprint density at radius 1 is 1.28 bits per heavy atom. The van der Waals surface area contributed by atoms with E-state index in [9.17, 15) is 9.59 Å². The van der Waals surface area contributed by atoms with E-state index in [0.29, 0.717) is 13.0 Å². The molecule has 0 aromatic carbocycles. The van der Waals surface area contributed by atoms with Crippen LogP contribution in [-0.2, 0) is 9.59 Å². The Balaban J connectivity index is 2.25. The number of fused-ring (bicyclic) bond motifs is 1. The van der Waals surface area contributed by atoms with Crippen LogP contribution in [0.3, 0.4) is 0 Å². The average Bonchev–Trinajstić information content (AvgIpc) is 2.41. The van der Waals surface area contributed by atoms with Crippen LogP contribution in [0.25, 0.3) is 0 Å². The number of nitrogens with zero attached hydrogens (tertiary/aromatic N) is 2. The minimum atomic E-state index is -0.312. The highest BCUT2D eigenvalue weighted by Crippen LogP contribution is 2.27. The highest BCUT2D eigenvalue weighted by atomic mass is 16.2. The lowest BCUT2D eigenvalue weighted by Gasteiger charge is -2.46. The molecule has 0 aromatic rings. The normalized spacial score (nSPS) is 27.7. The van der Waals surface area contributed by atoms with E-state index in [-0.39, 0.29) is 23.9 Å². The molecule has 2 atom stereocenters. The summed E-state index contributed by atoms with van der Waals surface area (Å²) in [6, 6.07) is -0.541. The van der Waals surface area contributed by atoms with E-state index in [4.69, 9.17) is 0 Å². The van der Waals surface area contributed by atoms with Crippen molar-refractivity contribution in [3.63, 3.8) is 0 Å². The summed E-state index contributed by atoms with van der Waals surface area (Å²) >= 11 is 0. The first-order valence-corrected chi connectivity index (χ1v) is 6.71. The van der Waals surface area contributed by atoms with E-state index >= 15 is 0 Å². The highest BCUT2D eigenvalue weighted by molar-refractivity contribution is 5.97. The zero-order valence-corrected chi connectivity index (χ0v) is 11.1. The number of piperazine rings is 1. The van der Waals surface area contributed by atoms with Crippen molar-refractivity contribution >= 4 is 11.8 Å². The number of carbonyl (C=O) groups is 2. The molecule has 4 heteroatoms. The molecule has 2 unspecified atom stereocenters. The van der Waals surface area contributed by atoms with Gasteiger partial charge in [-0.3, -0.25) is 9.59 Å². The van der Waals surface area contributed by atoms with E-state index in [1.54, 1.807) is 16.7 Å². The van der Waals surface area contributed by atoms with Gasteiger partial charge < -0.3 is 9.80 Å². The Labute approximate surface area is 108 Å². The van der Waals surface area contributed by atoms with Gasteiger partial charge in [-0.2, -0.15) is 0 Å². The first kappa shape index (κ1) is 12.9. The number of rotatable bonds is 2. The van der Waals surface area contributed by atoms with Gasteiger partial charge in [-0.25, -0.2) is 0 Å². The second-order valence-corrected chi connectivity index (χ2v) is 4.86. The van der Waals surface area contributed by atoms with Crippen LogP contribution in [-0.4, -0.2) is 46.8 Å². The minimum Gasteiger partial charge on any atom is -0.329 e. The third kappa shape index (κ3) is 2.10. The van der Waals surface area contributed by atoms with Crippen molar-refractivity contribution in [3.8, 4) is 11.8 Å². The molecule has 0 saturated carbocycles. The summed E-state index contributed by atoms with van der Waals surface area (Å²) < 4.78 is 0. The van der Waals surface area contributed by atoms with Crippen LogP contribution in [0.4, 0.5) is 0 Å². The average molecular weight is 248 g/mol. The third-order valence-corrected chi connectivity index (χ3v) is 3.83. The fraction of sp³-hybridized carbons (Fsp3) is 0.714. The fourth-order valence-corrected chi connectivity index (χ4v) is 2.87. The number of hydrogen-bond donors (Lipinski definition) is 0. The van der Waals surface area contributed by atoms with Gasteiger partial charge >= 0.3 is 0 Å². The SMILES string of the molecule is CC#CCN1C(=O)C2CCCCN2C(=O)C1CC. The Bertz CT molecular complexity index is 408. The lowest BCUT2D eigenvalue weighted by Crippen LogP contribution is -2.65. The molecule has 2 aliphatic rings. The summed E-state index contributed by atoms with van der Waals surface area (Å²) in [4.78, 5) is 28.3. The molecule has 0 aliphatic carbocycles. The highest BCUT2D eigenvalue weighted by Gasteiger charge is 2.45. The second kappa shape index (κ2) is 5.43. The molecule has 0 spiro atoms. The molecule has 2 rings (SSSR count). The summed E-state index contributed by atoms with van der Waals surface area (Å²) in [6.07, 6.45) is 3.52. The first-order chi connectivity index (χ1) is 8.70. The van der Waals surface area contributed by atoms with Gasteiger partial charge in [-0.15, -0.1) is 5.92 Å². The van der Waals surface area contributed by atoms with Gasteiger partial charge in [0.1, 0.15) is 12.1 Å². The maximum Gasteiger partial charge on any atom is 0.246 e. The van der Waals surface area contributed by atoms with Gasteiger partial charge in [0.25, 0.3) is 0 Å². The molecule has 0 bridgehead atoms. The van der Waals surface area contributed by atoms with Crippen molar-refractivity contribution in [2.24, 2.45) is 0 Å². The largest absolute Gasteiger partial charge is 0.329 e. The van der Waals surface area contributed by atoms with E-state index in [2.05, 4.69) is 11.8 Å². The van der Waals surface area contributed by atoms with Crippen LogP contribution in [0.5, 0.6) is 0 Å². The zero-order chi connectivity index (χ0) is 13.1. The molecule has 0 radical (unpaired) electrons. The Hall–Kier alpha value is -1.50. The van der Waals surface area contributed by atoms with Crippen molar-refractivity contribution in [1.82, 2.24) is 9.80 Å². The van der Waals surface area contributed by atoms with Gasteiger partial charge in [0.05, 0.1) is 6.54 Å². The summed E-state index contributed by atoms with van der Waals surface area (Å²) in [5.41, 5.74) is 0. The lowest BCUT2D eigenvalue weighted by molar-refractivity contribution is -0.163. The molecule has 0 aromatic heterocycles. The van der Waals surface area contributed by atoms with Gasteiger partial charge in [-0.1, -0.05) is 12.8 Å². The van der Waals surface area contributed by atoms with Crippen molar-refractivity contribution in [3.05, 3.63) is 0 Å². The molecule has 2 heterocycles. The van der Waals surface area contributed by atoms with Crippen LogP contribution >= 0.6 is 0 Å². The maximum atomic E-state index is 12.4. The Morgan fingerprint density at radius 3 is 2.72 bits per heavy atom. The lowest BCUT2D eigenvalue weighted by atomic mass is 9.94. The molecule has 2 fully saturated rings. The van der Waals surface area contributed by atoms with Crippen LogP contribution in [0.1, 0.15) is 39.5 Å². The monoisotopic (exact) mass is 248 g/mol. The van der Waals surface area contributed by atoms with Gasteiger partial charge in [-0.05, 0) is 32.6 Å². The summed E-state index contributed by atoms with van der Waals surface area (Å²) in [5, 5.41) is 0. The van der Waals surface area contributed by atoms with Crippen LogP contribution in [0.2, 0.25) is 0 Å². The second-order valence-electron chi connectivity index (χ2n) is 4.86.